The van der Waals surface area contributed by atoms with Gasteiger partial charge in [0.05, 0.1) is 64.5 Å². The molecule has 4 aliphatic rings. The Balaban J connectivity index is 0.000000154. The summed E-state index contributed by atoms with van der Waals surface area (Å²) in [4.78, 5) is 129. The van der Waals surface area contributed by atoms with Gasteiger partial charge < -0.3 is 67.2 Å². The summed E-state index contributed by atoms with van der Waals surface area (Å²) >= 11 is 1.43. The van der Waals surface area contributed by atoms with Crippen LogP contribution in [0.5, 0.6) is 0 Å². The van der Waals surface area contributed by atoms with Crippen LogP contribution in [0.15, 0.2) is 121 Å². The van der Waals surface area contributed by atoms with E-state index in [4.69, 9.17) is 18.7 Å². The number of carbonyl (C=O) groups excluding carboxylic acids is 6. The molecule has 25 heteroatoms. The molecule has 496 valence electrons. The van der Waals surface area contributed by atoms with Gasteiger partial charge in [0, 0.05) is 127 Å². The van der Waals surface area contributed by atoms with Gasteiger partial charge in [-0.25, -0.2) is 14.4 Å². The van der Waals surface area contributed by atoms with Crippen molar-refractivity contribution in [1.82, 2.24) is 38.9 Å². The number of hydrogen-bond donors (Lipinski definition) is 1. The smallest absolute Gasteiger partial charge is 0.345 e. The minimum atomic E-state index is -0.640. The van der Waals surface area contributed by atoms with E-state index < -0.39 is 23.5 Å². The van der Waals surface area contributed by atoms with Gasteiger partial charge in [-0.05, 0) is 82.3 Å². The number of nitrogens with one attached hydrogen (secondary N) is 1. The summed E-state index contributed by atoms with van der Waals surface area (Å²) in [5.41, 5.74) is 3.16. The summed E-state index contributed by atoms with van der Waals surface area (Å²) in [5, 5.41) is 11.3. The van der Waals surface area contributed by atoms with E-state index in [1.165, 1.54) is 32.7 Å². The van der Waals surface area contributed by atoms with Crippen LogP contribution in [0, 0.1) is 11.8 Å². The Bertz CT molecular complexity index is 4250. The van der Waals surface area contributed by atoms with Gasteiger partial charge >= 0.3 is 17.9 Å². The second-order valence-electron chi connectivity index (χ2n) is 23.7. The van der Waals surface area contributed by atoms with Crippen molar-refractivity contribution in [3.05, 3.63) is 161 Å². The molecule has 9 heterocycles. The second-order valence-corrected chi connectivity index (χ2v) is 24.6. The van der Waals surface area contributed by atoms with Gasteiger partial charge in [-0.15, -0.1) is 11.3 Å². The summed E-state index contributed by atoms with van der Waals surface area (Å²) in [5.74, 6) is -1.31. The molecule has 0 spiro atoms. The number of esters is 3. The molecule has 94 heavy (non-hydrogen) atoms. The molecule has 4 saturated heterocycles. The lowest BCUT2D eigenvalue weighted by Crippen LogP contribution is -2.52. The number of pyridine rings is 3. The Morgan fingerprint density at radius 3 is 1.36 bits per heavy atom. The molecule has 0 aliphatic carbocycles. The highest BCUT2D eigenvalue weighted by Crippen LogP contribution is 2.34. The third-order valence-corrected chi connectivity index (χ3v) is 18.3. The van der Waals surface area contributed by atoms with Crippen molar-refractivity contribution in [3.63, 3.8) is 0 Å². The molecular formula is C69H81N11O13S. The third kappa shape index (κ3) is 14.1. The quantitative estimate of drug-likeness (QED) is 0.0859. The molecule has 0 unspecified atom stereocenters. The number of nitrogens with zero attached hydrogens (tertiary/aromatic N) is 10. The second kappa shape index (κ2) is 30.4. The van der Waals surface area contributed by atoms with Crippen molar-refractivity contribution >= 4 is 96.7 Å². The van der Waals surface area contributed by atoms with E-state index in [0.717, 1.165) is 63.5 Å². The summed E-state index contributed by atoms with van der Waals surface area (Å²) in [6.07, 6.45) is 3.19. The van der Waals surface area contributed by atoms with Gasteiger partial charge in [-0.1, -0.05) is 79.7 Å². The summed E-state index contributed by atoms with van der Waals surface area (Å²) in [6, 6.07) is 28.0. The molecular weight excluding hydrogens is 1220 g/mol. The molecule has 1 N–H and O–H groups in total. The van der Waals surface area contributed by atoms with Crippen LogP contribution in [0.2, 0.25) is 0 Å². The zero-order valence-corrected chi connectivity index (χ0v) is 55.1. The van der Waals surface area contributed by atoms with Crippen molar-refractivity contribution in [2.24, 2.45) is 25.9 Å². The Hall–Kier alpha value is -9.62. The molecule has 0 bridgehead atoms. The summed E-state index contributed by atoms with van der Waals surface area (Å²) in [6.45, 7) is 18.3. The predicted octanol–water partition coefficient (Wildman–Crippen LogP) is 6.89. The Morgan fingerprint density at radius 1 is 0.532 bits per heavy atom. The molecule has 3 amide bonds. The number of fused-ring (bicyclic) bond motifs is 3. The largest absolute Gasteiger partial charge is 0.462 e. The Labute approximate surface area is 547 Å². The van der Waals surface area contributed by atoms with Crippen molar-refractivity contribution in [3.8, 4) is 0 Å². The van der Waals surface area contributed by atoms with Crippen molar-refractivity contribution in [2.75, 3.05) is 126 Å². The lowest BCUT2D eigenvalue weighted by atomic mass is 9.96. The first-order chi connectivity index (χ1) is 45.5. The van der Waals surface area contributed by atoms with Crippen molar-refractivity contribution in [1.29, 1.82) is 0 Å². The van der Waals surface area contributed by atoms with Crippen LogP contribution in [0.25, 0.3) is 32.7 Å². The van der Waals surface area contributed by atoms with Gasteiger partial charge in [0.1, 0.15) is 16.7 Å². The normalized spacial score (nSPS) is 15.4. The Morgan fingerprint density at radius 2 is 0.947 bits per heavy atom. The summed E-state index contributed by atoms with van der Waals surface area (Å²) < 4.78 is 25.4. The molecule has 3 aromatic carbocycles. The summed E-state index contributed by atoms with van der Waals surface area (Å²) in [7, 11) is 3.32. The highest BCUT2D eigenvalue weighted by Gasteiger charge is 2.35. The number of hydrogen-bond acceptors (Lipinski definition) is 19. The van der Waals surface area contributed by atoms with E-state index in [2.05, 4.69) is 15.4 Å². The predicted molar refractivity (Wildman–Crippen MR) is 361 cm³/mol. The average Bonchev–Trinajstić information content (AvgIpc) is 0.865. The number of para-hydroxylation sites is 3. The zero-order chi connectivity index (χ0) is 66.7. The topological polar surface area (TPSA) is 254 Å². The maximum atomic E-state index is 13.6. The van der Waals surface area contributed by atoms with E-state index >= 15 is 0 Å². The average molecular weight is 1300 g/mol. The van der Waals surface area contributed by atoms with E-state index in [-0.39, 0.29) is 82.9 Å². The lowest BCUT2D eigenvalue weighted by molar-refractivity contribution is -0.136. The van der Waals surface area contributed by atoms with Crippen LogP contribution in [0.3, 0.4) is 0 Å². The van der Waals surface area contributed by atoms with Crippen LogP contribution in [-0.4, -0.2) is 181 Å². The first kappa shape index (κ1) is 67.3. The van der Waals surface area contributed by atoms with Crippen LogP contribution in [0.1, 0.15) is 98.8 Å². The van der Waals surface area contributed by atoms with E-state index in [1.807, 2.05) is 124 Å². The molecule has 12 rings (SSSR count). The minimum Gasteiger partial charge on any atom is -0.462 e. The molecule has 4 aliphatic heterocycles. The number of aryl methyl sites for hydroxylation is 2. The van der Waals surface area contributed by atoms with Crippen LogP contribution in [-0.2, 0) is 39.6 Å². The molecule has 5 aromatic heterocycles. The number of piperidine rings is 1. The first-order valence-corrected chi connectivity index (χ1v) is 33.0. The van der Waals surface area contributed by atoms with Gasteiger partial charge in [0.2, 0.25) is 11.7 Å². The highest BCUT2D eigenvalue weighted by atomic mass is 32.1. The number of amides is 3. The zero-order valence-electron chi connectivity index (χ0n) is 54.3. The van der Waals surface area contributed by atoms with Crippen LogP contribution < -0.4 is 36.7 Å². The van der Waals surface area contributed by atoms with Crippen LogP contribution in [0.4, 0.5) is 17.1 Å². The standard InChI is InChI=1S/C25H29N3O4S.C23H30N4O4.C21H22N4O5/c1-4-32-25(31)21-22(18-8-5-6-9-19(18)28(24(21)30)16-17(2)3)26-11-13-27(14-12-26)23(29)20-10-7-15-33-20;1-3-31-23(30)19-20(17-6-4-5-7-18(17)25(2)22(19)29)26-12-14-27(15-13-26)21(28)16-8-10-24-11-9-16;1-3-29-21(28)17-18(14-6-4-5-7-15(14)23(2)20(17)27)24-10-12-25(13-11-24)19(26)16-8-9-22-30-16/h5-10,15,17H,4,11-14,16H2,1-3H3;4-7,16,24H,3,8-15H2,1-2H3;4-9H,3,10-13H2,1-2H3. The number of anilines is 3. The molecule has 4 fully saturated rings. The number of rotatable bonds is 14. The number of piperazine rings is 3. The van der Waals surface area contributed by atoms with E-state index in [9.17, 15) is 43.2 Å². The monoisotopic (exact) mass is 1300 g/mol. The van der Waals surface area contributed by atoms with Crippen molar-refractivity contribution < 1.29 is 47.5 Å². The maximum absolute atomic E-state index is 13.6. The number of thiophene rings is 1. The van der Waals surface area contributed by atoms with E-state index in [0.29, 0.717) is 102 Å². The number of ether oxygens (including phenoxy) is 3. The third-order valence-electron chi connectivity index (χ3n) is 17.4. The van der Waals surface area contributed by atoms with Gasteiger partial charge in [0.15, 0.2) is 0 Å². The lowest BCUT2D eigenvalue weighted by Gasteiger charge is -2.39. The molecule has 0 saturated carbocycles. The molecule has 8 aromatic rings. The first-order valence-electron chi connectivity index (χ1n) is 32.1. The van der Waals surface area contributed by atoms with Gasteiger partial charge in [-0.2, -0.15) is 0 Å². The van der Waals surface area contributed by atoms with Gasteiger partial charge in [-0.3, -0.25) is 28.8 Å². The Kier molecular flexibility index (Phi) is 21.8. The molecule has 24 nitrogen and oxygen atoms in total. The fourth-order valence-electron chi connectivity index (χ4n) is 12.8. The minimum absolute atomic E-state index is 0.0208. The van der Waals surface area contributed by atoms with Gasteiger partial charge in [0.25, 0.3) is 28.5 Å². The number of benzene rings is 3. The molecule has 0 radical (unpaired) electrons. The fourth-order valence-corrected chi connectivity index (χ4v) is 13.5. The molecule has 0 atom stereocenters. The SMILES string of the molecule is CCOC(=O)c1c(N2CCN(C(=O)C3CCNCC3)CC2)c2ccccc2n(C)c1=O.CCOC(=O)c1c(N2CCN(C(=O)c3cccs3)CC2)c2ccccc2n(CC(C)C)c1=O.CCOC(=O)c1c(N2CCN(C(=O)c3ccno3)CC2)c2ccccc2n(C)c1=O. The number of carbonyl (C=O) groups is 6. The number of aromatic nitrogens is 4. The maximum Gasteiger partial charge on any atom is 0.345 e. The van der Waals surface area contributed by atoms with E-state index in [1.54, 1.807) is 44.3 Å². The highest BCUT2D eigenvalue weighted by molar-refractivity contribution is 7.12. The fraction of sp³-hybridized carbons (Fsp3) is 0.420. The van der Waals surface area contributed by atoms with Crippen molar-refractivity contribution in [2.45, 2.75) is 54.0 Å². The van der Waals surface area contributed by atoms with Crippen LogP contribution >= 0.6 is 11.3 Å².